The molecule has 2 nitrogen and oxygen atoms in total. The number of hydrogen-bond acceptors (Lipinski definition) is 2. The number of fused-ring (bicyclic) bond motifs is 1. The normalized spacial score (nSPS) is 22.7. The quantitative estimate of drug-likeness (QED) is 0.446. The molecule has 1 atom stereocenters. The first-order valence-corrected chi connectivity index (χ1v) is 11.9. The Morgan fingerprint density at radius 3 is 2.35 bits per heavy atom. The molecule has 2 heteroatoms. The van der Waals surface area contributed by atoms with Gasteiger partial charge in [-0.1, -0.05) is 73.4 Å². The Balaban J connectivity index is 1.61. The van der Waals surface area contributed by atoms with Gasteiger partial charge in [-0.2, -0.15) is 0 Å². The summed E-state index contributed by atoms with van der Waals surface area (Å²) >= 11 is 0. The van der Waals surface area contributed by atoms with Gasteiger partial charge in [-0.05, 0) is 68.2 Å². The lowest BCUT2D eigenvalue weighted by molar-refractivity contribution is -0.117. The zero-order valence-corrected chi connectivity index (χ0v) is 19.1. The molecule has 4 rings (SSSR count). The second kappa shape index (κ2) is 9.34. The minimum atomic E-state index is 0.183. The molecular formula is C29H34O2. The number of benzene rings is 2. The van der Waals surface area contributed by atoms with E-state index in [1.165, 1.54) is 27.8 Å². The van der Waals surface area contributed by atoms with Crippen LogP contribution in [0, 0.1) is 18.8 Å². The average Bonchev–Trinajstić information content (AvgIpc) is 3.11. The van der Waals surface area contributed by atoms with Gasteiger partial charge in [0.1, 0.15) is 5.78 Å². The third-order valence-corrected chi connectivity index (χ3v) is 7.19. The molecular weight excluding hydrogens is 380 g/mol. The molecule has 0 saturated heterocycles. The van der Waals surface area contributed by atoms with E-state index >= 15 is 0 Å². The summed E-state index contributed by atoms with van der Waals surface area (Å²) < 4.78 is 0. The minimum absolute atomic E-state index is 0.183. The van der Waals surface area contributed by atoms with E-state index in [9.17, 15) is 9.59 Å². The minimum Gasteiger partial charge on any atom is -0.300 e. The molecule has 2 aromatic rings. The van der Waals surface area contributed by atoms with E-state index in [4.69, 9.17) is 0 Å². The maximum Gasteiger partial charge on any atom is 0.165 e. The van der Waals surface area contributed by atoms with Gasteiger partial charge in [-0.3, -0.25) is 4.79 Å². The van der Waals surface area contributed by atoms with Crippen molar-refractivity contribution < 1.29 is 9.59 Å². The topological polar surface area (TPSA) is 34.1 Å². The summed E-state index contributed by atoms with van der Waals surface area (Å²) in [5, 5.41) is 0. The molecule has 0 aromatic heterocycles. The van der Waals surface area contributed by atoms with E-state index in [-0.39, 0.29) is 17.6 Å². The Bertz CT molecular complexity index is 988. The smallest absolute Gasteiger partial charge is 0.165 e. The van der Waals surface area contributed by atoms with Gasteiger partial charge in [-0.25, -0.2) is 0 Å². The van der Waals surface area contributed by atoms with Crippen molar-refractivity contribution in [3.8, 4) is 0 Å². The van der Waals surface area contributed by atoms with E-state index in [0.717, 1.165) is 50.0 Å². The van der Waals surface area contributed by atoms with Crippen molar-refractivity contribution >= 4 is 17.6 Å². The second-order valence-corrected chi connectivity index (χ2v) is 9.78. The summed E-state index contributed by atoms with van der Waals surface area (Å²) in [6.45, 7) is 6.07. The standard InChI is InChI=1S/C29H34O2/c1-19-7-11-22(12-8-19)28-24(6-4-5-21(3)30)17-26-18-25(15-16-27(26)28)29(31)23-13-9-20(2)10-14-23/h7-8,11-12,15-18,20,23,28H,4-6,9-10,13-14H2,1-3H3. The third kappa shape index (κ3) is 4.89. The van der Waals surface area contributed by atoms with Crippen LogP contribution in [0.2, 0.25) is 0 Å². The number of allylic oxidation sites excluding steroid dienone is 1. The Hall–Kier alpha value is -2.48. The van der Waals surface area contributed by atoms with Crippen molar-refractivity contribution in [3.63, 3.8) is 0 Å². The fourth-order valence-electron chi connectivity index (χ4n) is 5.27. The maximum atomic E-state index is 13.2. The van der Waals surface area contributed by atoms with Crippen LogP contribution in [0.5, 0.6) is 0 Å². The highest BCUT2D eigenvalue weighted by Gasteiger charge is 2.29. The molecule has 2 aliphatic carbocycles. The van der Waals surface area contributed by atoms with Crippen LogP contribution in [0.15, 0.2) is 48.0 Å². The number of rotatable bonds is 7. The van der Waals surface area contributed by atoms with Crippen LogP contribution in [0.3, 0.4) is 0 Å². The SMILES string of the molecule is CC(=O)CCCC1=Cc2cc(C(=O)C3CCC(C)CC3)ccc2C1c1ccc(C)cc1. The molecule has 31 heavy (non-hydrogen) atoms. The number of Topliss-reactive ketones (excluding diaryl/α,β-unsaturated/α-hetero) is 2. The number of aryl methyl sites for hydroxylation is 1. The molecule has 1 unspecified atom stereocenters. The van der Waals surface area contributed by atoms with Crippen LogP contribution in [0.4, 0.5) is 0 Å². The van der Waals surface area contributed by atoms with Crippen LogP contribution in [0.25, 0.3) is 6.08 Å². The first-order chi connectivity index (χ1) is 14.9. The average molecular weight is 415 g/mol. The van der Waals surface area contributed by atoms with Gasteiger partial charge in [-0.15, -0.1) is 0 Å². The van der Waals surface area contributed by atoms with Gasteiger partial charge >= 0.3 is 0 Å². The van der Waals surface area contributed by atoms with E-state index in [2.05, 4.69) is 56.3 Å². The predicted octanol–water partition coefficient (Wildman–Crippen LogP) is 7.29. The van der Waals surface area contributed by atoms with Crippen LogP contribution < -0.4 is 0 Å². The second-order valence-electron chi connectivity index (χ2n) is 9.78. The van der Waals surface area contributed by atoms with E-state index in [1.54, 1.807) is 6.92 Å². The Kier molecular flexibility index (Phi) is 6.55. The zero-order valence-electron chi connectivity index (χ0n) is 19.1. The highest BCUT2D eigenvalue weighted by molar-refractivity contribution is 5.98. The fraction of sp³-hybridized carbons (Fsp3) is 0.448. The Labute approximate surface area is 186 Å². The van der Waals surface area contributed by atoms with Gasteiger partial charge in [0, 0.05) is 23.8 Å². The lowest BCUT2D eigenvalue weighted by Crippen LogP contribution is -2.21. The van der Waals surface area contributed by atoms with Crippen molar-refractivity contribution in [2.45, 2.75) is 71.6 Å². The Morgan fingerprint density at radius 1 is 0.968 bits per heavy atom. The molecule has 0 amide bonds. The van der Waals surface area contributed by atoms with Crippen molar-refractivity contribution in [2.24, 2.45) is 11.8 Å². The summed E-state index contributed by atoms with van der Waals surface area (Å²) in [5.41, 5.74) is 7.23. The van der Waals surface area contributed by atoms with Crippen molar-refractivity contribution in [1.29, 1.82) is 0 Å². The molecule has 2 aromatic carbocycles. The Morgan fingerprint density at radius 2 is 1.68 bits per heavy atom. The van der Waals surface area contributed by atoms with E-state index < -0.39 is 0 Å². The van der Waals surface area contributed by atoms with Crippen LogP contribution in [-0.4, -0.2) is 11.6 Å². The monoisotopic (exact) mass is 414 g/mol. The first-order valence-electron chi connectivity index (χ1n) is 11.9. The molecule has 0 radical (unpaired) electrons. The lowest BCUT2D eigenvalue weighted by atomic mass is 9.79. The van der Waals surface area contributed by atoms with Gasteiger partial charge in [0.2, 0.25) is 0 Å². The number of carbonyl (C=O) groups is 2. The highest BCUT2D eigenvalue weighted by Crippen LogP contribution is 2.44. The third-order valence-electron chi connectivity index (χ3n) is 7.19. The van der Waals surface area contributed by atoms with Crippen molar-refractivity contribution in [2.75, 3.05) is 0 Å². The largest absolute Gasteiger partial charge is 0.300 e. The zero-order chi connectivity index (χ0) is 22.0. The van der Waals surface area contributed by atoms with Gasteiger partial charge in [0.15, 0.2) is 5.78 Å². The van der Waals surface area contributed by atoms with Crippen molar-refractivity contribution in [1.82, 2.24) is 0 Å². The fourth-order valence-corrected chi connectivity index (χ4v) is 5.27. The molecule has 0 N–H and O–H groups in total. The number of ketones is 2. The summed E-state index contributed by atoms with van der Waals surface area (Å²) in [6, 6.07) is 15.1. The predicted molar refractivity (Wildman–Crippen MR) is 127 cm³/mol. The highest BCUT2D eigenvalue weighted by atomic mass is 16.1. The molecule has 1 saturated carbocycles. The summed E-state index contributed by atoms with van der Waals surface area (Å²) in [6.07, 6.45) is 9.07. The molecule has 0 aliphatic heterocycles. The van der Waals surface area contributed by atoms with Crippen LogP contribution in [0.1, 0.15) is 97.3 Å². The van der Waals surface area contributed by atoms with Crippen LogP contribution in [-0.2, 0) is 4.79 Å². The summed E-state index contributed by atoms with van der Waals surface area (Å²) in [5.74, 6) is 1.72. The summed E-state index contributed by atoms with van der Waals surface area (Å²) in [4.78, 5) is 24.6. The van der Waals surface area contributed by atoms with Gasteiger partial charge < -0.3 is 4.79 Å². The first kappa shape index (κ1) is 21.7. The summed E-state index contributed by atoms with van der Waals surface area (Å²) in [7, 11) is 0. The number of hydrogen-bond donors (Lipinski definition) is 0. The maximum absolute atomic E-state index is 13.2. The molecule has 1 fully saturated rings. The lowest BCUT2D eigenvalue weighted by Gasteiger charge is -2.25. The van der Waals surface area contributed by atoms with E-state index in [0.29, 0.717) is 12.2 Å². The molecule has 0 bridgehead atoms. The molecule has 162 valence electrons. The molecule has 0 spiro atoms. The number of carbonyl (C=O) groups excluding carboxylic acids is 2. The van der Waals surface area contributed by atoms with Crippen LogP contribution >= 0.6 is 0 Å². The molecule has 0 heterocycles. The van der Waals surface area contributed by atoms with E-state index in [1.807, 2.05) is 6.07 Å². The van der Waals surface area contributed by atoms with Gasteiger partial charge in [0.05, 0.1) is 0 Å². The van der Waals surface area contributed by atoms with Crippen molar-refractivity contribution in [3.05, 3.63) is 75.9 Å². The van der Waals surface area contributed by atoms with Gasteiger partial charge in [0.25, 0.3) is 0 Å². The molecule has 2 aliphatic rings.